The Kier molecular flexibility index (Phi) is 11.6. The van der Waals surface area contributed by atoms with Gasteiger partial charge in [0.05, 0.1) is 24.4 Å². The molecule has 1 amide bonds. The lowest BCUT2D eigenvalue weighted by Crippen LogP contribution is -2.53. The number of nitrogens with zero attached hydrogens (tertiary/aromatic N) is 1. The molecule has 0 spiro atoms. The maximum atomic E-state index is 14.6. The van der Waals surface area contributed by atoms with Crippen LogP contribution in [0.25, 0.3) is 11.1 Å². The van der Waals surface area contributed by atoms with Gasteiger partial charge >= 0.3 is 0 Å². The van der Waals surface area contributed by atoms with E-state index < -0.39 is 27.4 Å². The van der Waals surface area contributed by atoms with Crippen LogP contribution in [0, 0.1) is 0 Å². The van der Waals surface area contributed by atoms with Crippen LogP contribution in [0.1, 0.15) is 35.6 Å². The molecule has 0 fully saturated rings. The van der Waals surface area contributed by atoms with Crippen molar-refractivity contribution in [2.75, 3.05) is 26.1 Å². The van der Waals surface area contributed by atoms with Gasteiger partial charge in [-0.25, -0.2) is 18.8 Å². The van der Waals surface area contributed by atoms with Gasteiger partial charge in [-0.2, -0.15) is 0 Å². The highest BCUT2D eigenvalue weighted by molar-refractivity contribution is 7.91. The number of benzene rings is 5. The largest absolute Gasteiger partial charge is 0.496 e. The van der Waals surface area contributed by atoms with Crippen LogP contribution in [-0.4, -0.2) is 56.9 Å². The summed E-state index contributed by atoms with van der Waals surface area (Å²) in [6, 6.07) is 40.3. The van der Waals surface area contributed by atoms with E-state index in [1.165, 1.54) is 0 Å². The van der Waals surface area contributed by atoms with Crippen molar-refractivity contribution in [1.29, 1.82) is 0 Å². The summed E-state index contributed by atoms with van der Waals surface area (Å²) in [5.74, 6) is 0.519. The summed E-state index contributed by atoms with van der Waals surface area (Å²) in [6.45, 7) is 0.615. The van der Waals surface area contributed by atoms with E-state index in [0.717, 1.165) is 16.7 Å². The first-order valence-corrected chi connectivity index (χ1v) is 18.7. The topological polar surface area (TPSA) is 136 Å². The van der Waals surface area contributed by atoms with E-state index in [4.69, 9.17) is 24.3 Å². The molecule has 0 aliphatic carbocycles. The number of aliphatic imine (C=N–C) groups is 1. The maximum absolute atomic E-state index is 14.6. The number of sulfone groups is 1. The number of aliphatic hydroxyl groups is 1. The van der Waals surface area contributed by atoms with Gasteiger partial charge in [-0.15, -0.1) is 0 Å². The zero-order chi connectivity index (χ0) is 36.4. The fourth-order valence-electron chi connectivity index (χ4n) is 6.06. The molecule has 11 heteroatoms. The lowest BCUT2D eigenvalue weighted by atomic mass is 9.84. The highest BCUT2D eigenvalue weighted by Gasteiger charge is 2.53. The van der Waals surface area contributed by atoms with Gasteiger partial charge in [0.25, 0.3) is 5.91 Å². The summed E-state index contributed by atoms with van der Waals surface area (Å²) in [5.41, 5.74) is 8.18. The van der Waals surface area contributed by atoms with Crippen LogP contribution in [-0.2, 0) is 25.9 Å². The average Bonchev–Trinajstić information content (AvgIpc) is 3.59. The fourth-order valence-corrected chi connectivity index (χ4v) is 7.45. The first-order chi connectivity index (χ1) is 25.3. The summed E-state index contributed by atoms with van der Waals surface area (Å²) < 4.78 is 45.2. The van der Waals surface area contributed by atoms with Gasteiger partial charge in [0.2, 0.25) is 5.90 Å². The molecule has 1 heterocycles. The number of para-hydroxylation sites is 1. The molecule has 2 atom stereocenters. The Labute approximate surface area is 304 Å². The van der Waals surface area contributed by atoms with Crippen LogP contribution < -0.4 is 20.3 Å². The Morgan fingerprint density at radius 2 is 1.46 bits per heavy atom. The minimum absolute atomic E-state index is 0.0222. The zero-order valence-electron chi connectivity index (χ0n) is 28.8. The van der Waals surface area contributed by atoms with Gasteiger partial charge in [0.1, 0.15) is 11.5 Å². The molecule has 0 bridgehead atoms. The normalized spacial score (nSPS) is 16.8. The molecule has 5 aromatic rings. The summed E-state index contributed by atoms with van der Waals surface area (Å²) in [7, 11) is -2.24. The van der Waals surface area contributed by atoms with E-state index in [0.29, 0.717) is 35.7 Å². The van der Waals surface area contributed by atoms with E-state index in [-0.39, 0.29) is 36.1 Å². The number of rotatable bonds is 16. The highest BCUT2D eigenvalue weighted by Crippen LogP contribution is 2.43. The van der Waals surface area contributed by atoms with Crippen LogP contribution in [0.5, 0.6) is 11.5 Å². The van der Waals surface area contributed by atoms with Gasteiger partial charge in [-0.05, 0) is 59.2 Å². The molecule has 1 aliphatic rings. The molecule has 5 aromatic carbocycles. The van der Waals surface area contributed by atoms with Crippen LogP contribution >= 0.6 is 0 Å². The van der Waals surface area contributed by atoms with Crippen molar-refractivity contribution >= 4 is 21.6 Å². The Hall–Kier alpha value is -5.49. The summed E-state index contributed by atoms with van der Waals surface area (Å²) >= 11 is 0. The minimum atomic E-state index is -3.82. The van der Waals surface area contributed by atoms with Crippen molar-refractivity contribution in [3.8, 4) is 22.6 Å². The Bertz CT molecular complexity index is 2080. The number of hydrogen-bond acceptors (Lipinski definition) is 9. The molecule has 6 rings (SSSR count). The third kappa shape index (κ3) is 8.34. The van der Waals surface area contributed by atoms with Crippen LogP contribution in [0.2, 0.25) is 0 Å². The number of methoxy groups -OCH3 is 1. The first-order valence-electron chi connectivity index (χ1n) is 17.0. The molecule has 52 heavy (non-hydrogen) atoms. The van der Waals surface area contributed by atoms with Gasteiger partial charge < -0.3 is 19.3 Å². The molecule has 0 radical (unpaired) electrons. The number of amides is 1. The number of nitrogens with one attached hydrogen (secondary N) is 2. The van der Waals surface area contributed by atoms with Crippen molar-refractivity contribution in [1.82, 2.24) is 10.9 Å². The second-order valence-corrected chi connectivity index (χ2v) is 14.4. The van der Waals surface area contributed by atoms with Crippen molar-refractivity contribution in [3.63, 3.8) is 0 Å². The lowest BCUT2D eigenvalue weighted by Gasteiger charge is -2.30. The number of ether oxygens (including phenoxy) is 3. The standard InChI is InChI=1S/C41H41N3O7S/c1-49-37-16-9-8-13-34(37)29-42-44-40(46)41(25-28-52(47,48)36-14-6-3-7-15-36)38(32-19-17-31(18-20-32)30-11-4-2-5-12-30)51-39(43-41)33-21-23-35(24-22-33)50-27-10-26-45/h2-9,11-24,38,42,45H,10,25-29H2,1H3,(H,44,46)/t38-,41-/m0/s1. The zero-order valence-corrected chi connectivity index (χ0v) is 29.6. The van der Waals surface area contributed by atoms with E-state index in [1.807, 2.05) is 78.9 Å². The van der Waals surface area contributed by atoms with E-state index >= 15 is 0 Å². The molecular formula is C41H41N3O7S. The van der Waals surface area contributed by atoms with Gasteiger partial charge in [0.15, 0.2) is 21.5 Å². The van der Waals surface area contributed by atoms with E-state index in [2.05, 4.69) is 10.9 Å². The fraction of sp³-hybridized carbons (Fsp3) is 0.220. The minimum Gasteiger partial charge on any atom is -0.496 e. The molecule has 10 nitrogen and oxygen atoms in total. The predicted molar refractivity (Wildman–Crippen MR) is 200 cm³/mol. The van der Waals surface area contributed by atoms with Gasteiger partial charge in [-0.3, -0.25) is 10.2 Å². The van der Waals surface area contributed by atoms with Crippen molar-refractivity contribution in [3.05, 3.63) is 150 Å². The summed E-state index contributed by atoms with van der Waals surface area (Å²) in [4.78, 5) is 19.7. The number of aliphatic hydroxyl groups excluding tert-OH is 1. The Balaban J connectivity index is 1.38. The molecule has 0 unspecified atom stereocenters. The second-order valence-electron chi connectivity index (χ2n) is 12.3. The molecule has 268 valence electrons. The average molecular weight is 720 g/mol. The van der Waals surface area contributed by atoms with Gasteiger partial charge in [0, 0.05) is 37.1 Å². The molecular weight excluding hydrogens is 679 g/mol. The molecule has 0 aromatic heterocycles. The SMILES string of the molecule is COc1ccccc1CNNC(=O)[C@@]1(CCS(=O)(=O)c2ccccc2)N=C(c2ccc(OCCCO)cc2)O[C@H]1c1ccc(-c2ccccc2)cc1. The van der Waals surface area contributed by atoms with E-state index in [9.17, 15) is 13.2 Å². The lowest BCUT2D eigenvalue weighted by molar-refractivity contribution is -0.130. The van der Waals surface area contributed by atoms with Crippen LogP contribution in [0.3, 0.4) is 0 Å². The molecule has 1 aliphatic heterocycles. The van der Waals surface area contributed by atoms with Crippen molar-refractivity contribution in [2.45, 2.75) is 35.9 Å². The van der Waals surface area contributed by atoms with Crippen LogP contribution in [0.15, 0.2) is 143 Å². The predicted octanol–water partition coefficient (Wildman–Crippen LogP) is 6.07. The Morgan fingerprint density at radius 3 is 2.15 bits per heavy atom. The summed E-state index contributed by atoms with van der Waals surface area (Å²) in [6.07, 6.45) is -0.660. The Morgan fingerprint density at radius 1 is 0.827 bits per heavy atom. The number of carbonyl (C=O) groups is 1. The second kappa shape index (κ2) is 16.7. The quantitative estimate of drug-likeness (QED) is 0.0827. The van der Waals surface area contributed by atoms with E-state index in [1.54, 1.807) is 61.7 Å². The van der Waals surface area contributed by atoms with Crippen LogP contribution in [0.4, 0.5) is 0 Å². The smallest absolute Gasteiger partial charge is 0.266 e. The third-order valence-electron chi connectivity index (χ3n) is 8.88. The monoisotopic (exact) mass is 719 g/mol. The molecule has 0 saturated carbocycles. The van der Waals surface area contributed by atoms with Crippen molar-refractivity contribution in [2.24, 2.45) is 4.99 Å². The summed E-state index contributed by atoms with van der Waals surface area (Å²) in [5, 5.41) is 9.12. The maximum Gasteiger partial charge on any atom is 0.266 e. The number of hydrogen-bond donors (Lipinski definition) is 3. The molecule has 0 saturated heterocycles. The van der Waals surface area contributed by atoms with Crippen molar-refractivity contribution < 1.29 is 32.5 Å². The number of hydrazine groups is 1. The van der Waals surface area contributed by atoms with Gasteiger partial charge in [-0.1, -0.05) is 91.0 Å². The first kappa shape index (κ1) is 36.3. The highest BCUT2D eigenvalue weighted by atomic mass is 32.2. The third-order valence-corrected chi connectivity index (χ3v) is 10.6. The molecule has 3 N–H and O–H groups in total. The number of carbonyl (C=O) groups excluding carboxylic acids is 1.